The van der Waals surface area contributed by atoms with Crippen molar-refractivity contribution in [3.63, 3.8) is 0 Å². The van der Waals surface area contributed by atoms with Gasteiger partial charge in [-0.1, -0.05) is 32.0 Å². The van der Waals surface area contributed by atoms with Crippen LogP contribution < -0.4 is 5.32 Å². The summed E-state index contributed by atoms with van der Waals surface area (Å²) in [6, 6.07) is 5.90. The number of aromatic nitrogens is 3. The van der Waals surface area contributed by atoms with Crippen LogP contribution in [0.5, 0.6) is 0 Å². The third-order valence-corrected chi connectivity index (χ3v) is 3.70. The highest BCUT2D eigenvalue weighted by Gasteiger charge is 2.22. The van der Waals surface area contributed by atoms with E-state index in [4.69, 9.17) is 4.52 Å². The van der Waals surface area contributed by atoms with E-state index in [0.29, 0.717) is 11.5 Å². The van der Waals surface area contributed by atoms with Crippen LogP contribution in [0.25, 0.3) is 17.0 Å². The zero-order valence-corrected chi connectivity index (χ0v) is 14.3. The van der Waals surface area contributed by atoms with Gasteiger partial charge in [-0.3, -0.25) is 10.1 Å². The molecular formula is C18H21N5O. The molecule has 0 radical (unpaired) electrons. The maximum atomic E-state index is 5.49. The van der Waals surface area contributed by atoms with E-state index < -0.39 is 0 Å². The number of hydrogen-bond donors (Lipinski definition) is 2. The van der Waals surface area contributed by atoms with Crippen LogP contribution in [0, 0.1) is 0 Å². The quantitative estimate of drug-likeness (QED) is 0.665. The molecule has 6 heteroatoms. The molecule has 3 rings (SSSR count). The maximum Gasteiger partial charge on any atom is 0.178 e. The molecule has 6 nitrogen and oxygen atoms in total. The number of H-pyrrole nitrogens is 1. The summed E-state index contributed by atoms with van der Waals surface area (Å²) in [4.78, 5) is 4.05. The molecule has 1 aromatic carbocycles. The Morgan fingerprint density at radius 1 is 1.33 bits per heavy atom. The molecule has 0 atom stereocenters. The highest BCUT2D eigenvalue weighted by molar-refractivity contribution is 5.85. The first kappa shape index (κ1) is 16.0. The average Bonchev–Trinajstić information content (AvgIpc) is 3.11. The fraction of sp³-hybridized carbons (Fsp3) is 0.278. The number of hydrogen-bond acceptors (Lipinski definition) is 5. The Morgan fingerprint density at radius 2 is 2.12 bits per heavy atom. The molecule has 0 fully saturated rings. The Bertz CT molecular complexity index is 911. The first-order valence-electron chi connectivity index (χ1n) is 7.78. The van der Waals surface area contributed by atoms with E-state index in [-0.39, 0.29) is 5.41 Å². The number of aliphatic imine (C=N–C) groups is 1. The van der Waals surface area contributed by atoms with Gasteiger partial charge in [-0.25, -0.2) is 0 Å². The largest absolute Gasteiger partial charge is 0.356 e. The average molecular weight is 323 g/mol. The molecule has 0 amide bonds. The third-order valence-electron chi connectivity index (χ3n) is 3.70. The molecule has 0 saturated carbocycles. The lowest BCUT2D eigenvalue weighted by atomic mass is 9.90. The van der Waals surface area contributed by atoms with Crippen molar-refractivity contribution < 1.29 is 4.52 Å². The second-order valence-corrected chi connectivity index (χ2v) is 6.61. The van der Waals surface area contributed by atoms with Crippen LogP contribution in [-0.2, 0) is 5.41 Å². The third kappa shape index (κ3) is 2.82. The lowest BCUT2D eigenvalue weighted by Crippen LogP contribution is -2.11. The standard InChI is InChI=1S/C18H21N5O/c1-6-7-13-15(19-5)17(22-21-13)20-11-8-9-12-14(10-11)24-23-16(12)18(2,3)4/h6-10H,5H2,1-4H3,(H2,20,21,22)/b7-6-. The van der Waals surface area contributed by atoms with Crippen molar-refractivity contribution >= 4 is 41.0 Å². The molecule has 24 heavy (non-hydrogen) atoms. The molecule has 2 heterocycles. The van der Waals surface area contributed by atoms with Crippen LogP contribution in [0.4, 0.5) is 17.2 Å². The number of fused-ring (bicyclic) bond motifs is 1. The molecule has 0 bridgehead atoms. The van der Waals surface area contributed by atoms with Gasteiger partial charge in [0.05, 0.1) is 11.4 Å². The van der Waals surface area contributed by atoms with Gasteiger partial charge in [0.15, 0.2) is 11.4 Å². The molecule has 2 aromatic heterocycles. The minimum atomic E-state index is -0.0658. The van der Waals surface area contributed by atoms with Gasteiger partial charge >= 0.3 is 0 Å². The number of allylic oxidation sites excluding steroid dienone is 1. The van der Waals surface area contributed by atoms with Crippen molar-refractivity contribution in [3.05, 3.63) is 35.7 Å². The van der Waals surface area contributed by atoms with Crippen molar-refractivity contribution in [2.45, 2.75) is 33.1 Å². The van der Waals surface area contributed by atoms with Gasteiger partial charge in [0.25, 0.3) is 0 Å². The maximum absolute atomic E-state index is 5.49. The lowest BCUT2D eigenvalue weighted by molar-refractivity contribution is 0.420. The minimum absolute atomic E-state index is 0.0658. The van der Waals surface area contributed by atoms with Crippen molar-refractivity contribution in [1.29, 1.82) is 0 Å². The van der Waals surface area contributed by atoms with Crippen LogP contribution in [0.15, 0.2) is 33.8 Å². The van der Waals surface area contributed by atoms with E-state index in [1.54, 1.807) is 0 Å². The normalized spacial score (nSPS) is 12.2. The fourth-order valence-corrected chi connectivity index (χ4v) is 2.57. The number of aromatic amines is 1. The summed E-state index contributed by atoms with van der Waals surface area (Å²) >= 11 is 0. The smallest absolute Gasteiger partial charge is 0.178 e. The van der Waals surface area contributed by atoms with Gasteiger partial charge in [0.2, 0.25) is 0 Å². The van der Waals surface area contributed by atoms with Gasteiger partial charge < -0.3 is 9.84 Å². The molecule has 0 saturated heterocycles. The van der Waals surface area contributed by atoms with E-state index in [0.717, 1.165) is 28.0 Å². The Labute approximate surface area is 140 Å². The summed E-state index contributed by atoms with van der Waals surface area (Å²) in [5.74, 6) is 0.619. The highest BCUT2D eigenvalue weighted by atomic mass is 16.5. The minimum Gasteiger partial charge on any atom is -0.356 e. The van der Waals surface area contributed by atoms with E-state index in [1.807, 2.05) is 37.3 Å². The molecule has 0 aliphatic rings. The molecule has 2 N–H and O–H groups in total. The summed E-state index contributed by atoms with van der Waals surface area (Å²) in [5.41, 5.74) is 3.97. The predicted octanol–water partition coefficient (Wildman–Crippen LogP) is 4.96. The number of benzene rings is 1. The summed E-state index contributed by atoms with van der Waals surface area (Å²) < 4.78 is 5.49. The van der Waals surface area contributed by atoms with E-state index in [2.05, 4.69) is 53.2 Å². The molecule has 124 valence electrons. The molecule has 3 aromatic rings. The van der Waals surface area contributed by atoms with Crippen molar-refractivity contribution in [3.8, 4) is 0 Å². The zero-order chi connectivity index (χ0) is 17.3. The van der Waals surface area contributed by atoms with E-state index >= 15 is 0 Å². The summed E-state index contributed by atoms with van der Waals surface area (Å²) in [5, 5.41) is 15.7. The first-order valence-corrected chi connectivity index (χ1v) is 7.78. The number of rotatable bonds is 4. The van der Waals surface area contributed by atoms with Gasteiger partial charge in [-0.2, -0.15) is 5.10 Å². The zero-order valence-electron chi connectivity index (χ0n) is 14.3. The summed E-state index contributed by atoms with van der Waals surface area (Å²) in [6.45, 7) is 11.9. The van der Waals surface area contributed by atoms with Crippen molar-refractivity contribution in [2.24, 2.45) is 4.99 Å². The second kappa shape index (κ2) is 5.96. The first-order chi connectivity index (χ1) is 11.4. The lowest BCUT2D eigenvalue weighted by Gasteiger charge is -2.14. The van der Waals surface area contributed by atoms with E-state index in [1.165, 1.54) is 0 Å². The summed E-state index contributed by atoms with van der Waals surface area (Å²) in [6.07, 6.45) is 3.82. The monoisotopic (exact) mass is 323 g/mol. The molecule has 0 aliphatic heterocycles. The van der Waals surface area contributed by atoms with Crippen LogP contribution in [0.3, 0.4) is 0 Å². The van der Waals surface area contributed by atoms with Crippen LogP contribution in [-0.4, -0.2) is 22.1 Å². The molecule has 0 spiro atoms. The predicted molar refractivity (Wildman–Crippen MR) is 98.5 cm³/mol. The molecule has 0 unspecified atom stereocenters. The van der Waals surface area contributed by atoms with Crippen molar-refractivity contribution in [1.82, 2.24) is 15.4 Å². The SMILES string of the molecule is C=Nc1c(Nc2ccc3c(C(C)(C)C)noc3c2)n[nH]c1/C=C\C. The van der Waals surface area contributed by atoms with Gasteiger partial charge in [0.1, 0.15) is 5.69 Å². The molecule has 0 aliphatic carbocycles. The fourth-order valence-electron chi connectivity index (χ4n) is 2.57. The van der Waals surface area contributed by atoms with Gasteiger partial charge in [-0.15, -0.1) is 0 Å². The van der Waals surface area contributed by atoms with Crippen molar-refractivity contribution in [2.75, 3.05) is 5.32 Å². The van der Waals surface area contributed by atoms with Gasteiger partial charge in [0, 0.05) is 22.6 Å². The second-order valence-electron chi connectivity index (χ2n) is 6.61. The number of anilines is 2. The Morgan fingerprint density at radius 3 is 2.79 bits per heavy atom. The number of nitrogens with one attached hydrogen (secondary N) is 2. The van der Waals surface area contributed by atoms with Gasteiger partial charge in [-0.05, 0) is 31.9 Å². The Kier molecular flexibility index (Phi) is 3.97. The topological polar surface area (TPSA) is 79.1 Å². The summed E-state index contributed by atoms with van der Waals surface area (Å²) in [7, 11) is 0. The highest BCUT2D eigenvalue weighted by Crippen LogP contribution is 2.33. The van der Waals surface area contributed by atoms with Crippen LogP contribution >= 0.6 is 0 Å². The van der Waals surface area contributed by atoms with E-state index in [9.17, 15) is 0 Å². The Balaban J connectivity index is 1.96. The molecular weight excluding hydrogens is 302 g/mol. The van der Waals surface area contributed by atoms with Crippen LogP contribution in [0.2, 0.25) is 0 Å². The van der Waals surface area contributed by atoms with Crippen LogP contribution in [0.1, 0.15) is 39.1 Å². The Hall–Kier alpha value is -2.89. The number of nitrogens with zero attached hydrogens (tertiary/aromatic N) is 3.